The Kier molecular flexibility index (Phi) is 3.44. The average Bonchev–Trinajstić information content (AvgIpc) is 2.81. The van der Waals surface area contributed by atoms with Gasteiger partial charge in [0.25, 0.3) is 0 Å². The molecule has 0 aromatic heterocycles. The van der Waals surface area contributed by atoms with Crippen molar-refractivity contribution in [3.63, 3.8) is 0 Å². The van der Waals surface area contributed by atoms with Gasteiger partial charge in [0.1, 0.15) is 0 Å². The van der Waals surface area contributed by atoms with Crippen molar-refractivity contribution in [3.8, 4) is 5.75 Å². The lowest BCUT2D eigenvalue weighted by Crippen LogP contribution is -2.19. The van der Waals surface area contributed by atoms with E-state index in [0.29, 0.717) is 5.92 Å². The predicted octanol–water partition coefficient (Wildman–Crippen LogP) is 3.02. The van der Waals surface area contributed by atoms with Crippen LogP contribution in [-0.4, -0.2) is 7.11 Å². The van der Waals surface area contributed by atoms with Gasteiger partial charge in [0, 0.05) is 6.04 Å². The van der Waals surface area contributed by atoms with Crippen LogP contribution in [0.3, 0.4) is 0 Å². The molecule has 1 aromatic carbocycles. The summed E-state index contributed by atoms with van der Waals surface area (Å²) < 4.78 is 18.4. The molecule has 1 fully saturated rings. The van der Waals surface area contributed by atoms with E-state index in [0.717, 1.165) is 18.4 Å². The number of halogens is 1. The van der Waals surface area contributed by atoms with Crippen molar-refractivity contribution in [2.45, 2.75) is 31.7 Å². The molecule has 1 aliphatic carbocycles. The molecule has 2 rings (SSSR count). The second-order valence-corrected chi connectivity index (χ2v) is 4.46. The number of nitrogens with two attached hydrogens (primary N) is 1. The molecule has 3 heteroatoms. The van der Waals surface area contributed by atoms with Gasteiger partial charge in [-0.2, -0.15) is 0 Å². The van der Waals surface area contributed by atoms with Crippen molar-refractivity contribution in [2.75, 3.05) is 7.11 Å². The summed E-state index contributed by atoms with van der Waals surface area (Å²) >= 11 is 0. The van der Waals surface area contributed by atoms with Crippen molar-refractivity contribution in [3.05, 3.63) is 29.6 Å². The quantitative estimate of drug-likeness (QED) is 0.854. The fourth-order valence-electron chi connectivity index (χ4n) is 2.48. The van der Waals surface area contributed by atoms with Crippen LogP contribution in [0.4, 0.5) is 4.39 Å². The van der Waals surface area contributed by atoms with E-state index in [4.69, 9.17) is 10.5 Å². The van der Waals surface area contributed by atoms with Crippen LogP contribution in [0.2, 0.25) is 0 Å². The van der Waals surface area contributed by atoms with Crippen molar-refractivity contribution >= 4 is 0 Å². The van der Waals surface area contributed by atoms with Gasteiger partial charge in [-0.3, -0.25) is 0 Å². The van der Waals surface area contributed by atoms with Gasteiger partial charge in [0.2, 0.25) is 0 Å². The molecule has 1 aliphatic rings. The number of rotatable bonds is 3. The molecule has 0 bridgehead atoms. The molecular weight excluding hydrogens is 205 g/mol. The van der Waals surface area contributed by atoms with Gasteiger partial charge in [-0.1, -0.05) is 18.9 Å². The Morgan fingerprint density at radius 1 is 1.38 bits per heavy atom. The van der Waals surface area contributed by atoms with Gasteiger partial charge in [-0.05, 0) is 36.5 Å². The fourth-order valence-corrected chi connectivity index (χ4v) is 2.48. The van der Waals surface area contributed by atoms with Crippen molar-refractivity contribution in [1.29, 1.82) is 0 Å². The van der Waals surface area contributed by atoms with Gasteiger partial charge in [0.05, 0.1) is 7.11 Å². The zero-order chi connectivity index (χ0) is 11.5. The maximum absolute atomic E-state index is 13.5. The third kappa shape index (κ3) is 2.19. The van der Waals surface area contributed by atoms with Gasteiger partial charge in [-0.25, -0.2) is 4.39 Å². The normalized spacial score (nSPS) is 18.7. The van der Waals surface area contributed by atoms with Crippen LogP contribution in [0, 0.1) is 11.7 Å². The van der Waals surface area contributed by atoms with Crippen LogP contribution in [0.25, 0.3) is 0 Å². The van der Waals surface area contributed by atoms with Crippen LogP contribution in [-0.2, 0) is 0 Å². The van der Waals surface area contributed by atoms with Gasteiger partial charge in [-0.15, -0.1) is 0 Å². The lowest BCUT2D eigenvalue weighted by atomic mass is 9.92. The second kappa shape index (κ2) is 4.83. The van der Waals surface area contributed by atoms with Gasteiger partial charge >= 0.3 is 0 Å². The summed E-state index contributed by atoms with van der Waals surface area (Å²) in [6.45, 7) is 0. The Bertz CT molecular complexity index is 361. The number of hydrogen-bond donors (Lipinski definition) is 1. The van der Waals surface area contributed by atoms with Crippen molar-refractivity contribution in [2.24, 2.45) is 11.7 Å². The summed E-state index contributed by atoms with van der Waals surface area (Å²) in [7, 11) is 1.47. The van der Waals surface area contributed by atoms with E-state index >= 15 is 0 Å². The molecule has 2 N–H and O–H groups in total. The SMILES string of the molecule is COc1ccc(C(N)C2CCCC2)cc1F. The number of ether oxygens (including phenoxy) is 1. The molecule has 16 heavy (non-hydrogen) atoms. The van der Waals surface area contributed by atoms with Gasteiger partial charge in [0.15, 0.2) is 11.6 Å². The number of methoxy groups -OCH3 is 1. The molecule has 0 amide bonds. The molecule has 0 radical (unpaired) electrons. The molecular formula is C13H18FNO. The lowest BCUT2D eigenvalue weighted by molar-refractivity contribution is 0.384. The van der Waals surface area contributed by atoms with Crippen LogP contribution in [0.5, 0.6) is 5.75 Å². The molecule has 1 unspecified atom stereocenters. The molecule has 0 aliphatic heterocycles. The Morgan fingerprint density at radius 2 is 2.06 bits per heavy atom. The highest BCUT2D eigenvalue weighted by Crippen LogP contribution is 2.35. The van der Waals surface area contributed by atoms with E-state index in [-0.39, 0.29) is 17.6 Å². The molecule has 1 saturated carbocycles. The Labute approximate surface area is 95.6 Å². The summed E-state index contributed by atoms with van der Waals surface area (Å²) in [5.41, 5.74) is 7.03. The summed E-state index contributed by atoms with van der Waals surface area (Å²) in [6, 6.07) is 4.98. The number of benzene rings is 1. The molecule has 1 aromatic rings. The van der Waals surface area contributed by atoms with E-state index in [1.807, 2.05) is 6.07 Å². The van der Waals surface area contributed by atoms with Crippen LogP contribution in [0.1, 0.15) is 37.3 Å². The topological polar surface area (TPSA) is 35.2 Å². The summed E-state index contributed by atoms with van der Waals surface area (Å²) in [4.78, 5) is 0. The molecule has 0 spiro atoms. The summed E-state index contributed by atoms with van der Waals surface area (Å²) in [5, 5.41) is 0. The Morgan fingerprint density at radius 3 is 2.62 bits per heavy atom. The standard InChI is InChI=1S/C13H18FNO/c1-16-12-7-6-10(8-11(12)14)13(15)9-4-2-3-5-9/h6-9,13H,2-5,15H2,1H3. The first-order chi connectivity index (χ1) is 7.72. The fraction of sp³-hybridized carbons (Fsp3) is 0.538. The van der Waals surface area contributed by atoms with E-state index in [2.05, 4.69) is 0 Å². The zero-order valence-electron chi connectivity index (χ0n) is 9.58. The maximum atomic E-state index is 13.5. The largest absolute Gasteiger partial charge is 0.494 e. The third-order valence-corrected chi connectivity index (χ3v) is 3.47. The van der Waals surface area contributed by atoms with E-state index in [1.54, 1.807) is 6.07 Å². The van der Waals surface area contributed by atoms with Crippen molar-refractivity contribution in [1.82, 2.24) is 0 Å². The first-order valence-electron chi connectivity index (χ1n) is 5.81. The first-order valence-corrected chi connectivity index (χ1v) is 5.81. The highest BCUT2D eigenvalue weighted by Gasteiger charge is 2.23. The van der Waals surface area contributed by atoms with E-state index in [9.17, 15) is 4.39 Å². The van der Waals surface area contributed by atoms with E-state index in [1.165, 1.54) is 26.0 Å². The lowest BCUT2D eigenvalue weighted by Gasteiger charge is -2.19. The third-order valence-electron chi connectivity index (χ3n) is 3.47. The summed E-state index contributed by atoms with van der Waals surface area (Å²) in [5.74, 6) is 0.462. The smallest absolute Gasteiger partial charge is 0.165 e. The van der Waals surface area contributed by atoms with Crippen LogP contribution in [0.15, 0.2) is 18.2 Å². The second-order valence-electron chi connectivity index (χ2n) is 4.46. The molecule has 1 atom stereocenters. The van der Waals surface area contributed by atoms with Crippen molar-refractivity contribution < 1.29 is 9.13 Å². The molecule has 0 heterocycles. The van der Waals surface area contributed by atoms with Crippen LogP contribution >= 0.6 is 0 Å². The van der Waals surface area contributed by atoms with E-state index < -0.39 is 0 Å². The molecule has 0 saturated heterocycles. The maximum Gasteiger partial charge on any atom is 0.165 e. The highest BCUT2D eigenvalue weighted by molar-refractivity contribution is 5.31. The monoisotopic (exact) mass is 223 g/mol. The number of hydrogen-bond acceptors (Lipinski definition) is 2. The minimum atomic E-state index is -0.326. The van der Waals surface area contributed by atoms with Crippen LogP contribution < -0.4 is 10.5 Å². The highest BCUT2D eigenvalue weighted by atomic mass is 19.1. The predicted molar refractivity (Wildman–Crippen MR) is 61.8 cm³/mol. The minimum Gasteiger partial charge on any atom is -0.494 e. The molecule has 88 valence electrons. The zero-order valence-corrected chi connectivity index (χ0v) is 9.58. The Balaban J connectivity index is 2.16. The first kappa shape index (κ1) is 11.4. The molecule has 2 nitrogen and oxygen atoms in total. The Hall–Kier alpha value is -1.09. The minimum absolute atomic E-state index is 0.0390. The van der Waals surface area contributed by atoms with Gasteiger partial charge < -0.3 is 10.5 Å². The average molecular weight is 223 g/mol. The summed E-state index contributed by atoms with van der Waals surface area (Å²) in [6.07, 6.45) is 4.82.